The second kappa shape index (κ2) is 10.0. The van der Waals surface area contributed by atoms with Gasteiger partial charge in [0.05, 0.1) is 18.9 Å². The first-order valence-corrected chi connectivity index (χ1v) is 9.74. The summed E-state index contributed by atoms with van der Waals surface area (Å²) in [6, 6.07) is 12.4. The number of benzene rings is 1. The van der Waals surface area contributed by atoms with E-state index in [0.29, 0.717) is 13.2 Å². The number of likely N-dealkylation sites (tertiary alicyclic amines) is 1. The van der Waals surface area contributed by atoms with E-state index in [1.54, 1.807) is 13.3 Å². The standard InChI is InChI=1S/C21H30N4O2/c1-3-26-18-9-6-8-17(14-18)15-23-21(22-2)24-16-19(20-10-7-13-27-20)25-11-4-5-12-25/h6-10,13-14,19H,3-5,11-12,15-16H2,1-2H3,(H2,22,23,24). The Hall–Kier alpha value is -2.47. The first kappa shape index (κ1) is 19.3. The summed E-state index contributed by atoms with van der Waals surface area (Å²) in [4.78, 5) is 6.83. The zero-order valence-corrected chi connectivity index (χ0v) is 16.3. The molecule has 27 heavy (non-hydrogen) atoms. The van der Waals surface area contributed by atoms with Gasteiger partial charge in [0.2, 0.25) is 0 Å². The predicted molar refractivity (Wildman–Crippen MR) is 108 cm³/mol. The number of guanidine groups is 1. The molecular weight excluding hydrogens is 340 g/mol. The van der Waals surface area contributed by atoms with Gasteiger partial charge in [-0.25, -0.2) is 0 Å². The minimum absolute atomic E-state index is 0.224. The Morgan fingerprint density at radius 2 is 2.07 bits per heavy atom. The van der Waals surface area contributed by atoms with Crippen LogP contribution in [-0.4, -0.2) is 44.1 Å². The van der Waals surface area contributed by atoms with Gasteiger partial charge < -0.3 is 19.8 Å². The Morgan fingerprint density at radius 1 is 1.22 bits per heavy atom. The van der Waals surface area contributed by atoms with Gasteiger partial charge in [-0.15, -0.1) is 0 Å². The summed E-state index contributed by atoms with van der Waals surface area (Å²) < 4.78 is 11.3. The maximum Gasteiger partial charge on any atom is 0.191 e. The molecule has 146 valence electrons. The summed E-state index contributed by atoms with van der Waals surface area (Å²) in [5.41, 5.74) is 1.16. The molecule has 1 aromatic heterocycles. The molecule has 1 aliphatic heterocycles. The first-order chi connectivity index (χ1) is 13.3. The molecule has 1 unspecified atom stereocenters. The van der Waals surface area contributed by atoms with Crippen LogP contribution in [-0.2, 0) is 6.54 Å². The number of nitrogens with zero attached hydrogens (tertiary/aromatic N) is 2. The van der Waals surface area contributed by atoms with E-state index >= 15 is 0 Å². The topological polar surface area (TPSA) is 62.0 Å². The van der Waals surface area contributed by atoms with Gasteiger partial charge >= 0.3 is 0 Å². The van der Waals surface area contributed by atoms with E-state index in [4.69, 9.17) is 9.15 Å². The highest BCUT2D eigenvalue weighted by molar-refractivity contribution is 5.79. The lowest BCUT2D eigenvalue weighted by atomic mass is 10.2. The van der Waals surface area contributed by atoms with Crippen molar-refractivity contribution in [1.82, 2.24) is 15.5 Å². The lowest BCUT2D eigenvalue weighted by molar-refractivity contribution is 0.215. The fraction of sp³-hybridized carbons (Fsp3) is 0.476. The summed E-state index contributed by atoms with van der Waals surface area (Å²) in [6.45, 7) is 6.34. The fourth-order valence-corrected chi connectivity index (χ4v) is 3.46. The van der Waals surface area contributed by atoms with Crippen LogP contribution in [0.1, 0.15) is 37.1 Å². The molecule has 1 aliphatic rings. The van der Waals surface area contributed by atoms with Crippen molar-refractivity contribution >= 4 is 5.96 Å². The van der Waals surface area contributed by atoms with Gasteiger partial charge in [-0.1, -0.05) is 12.1 Å². The minimum atomic E-state index is 0.224. The van der Waals surface area contributed by atoms with Crippen LogP contribution < -0.4 is 15.4 Å². The van der Waals surface area contributed by atoms with Crippen LogP contribution in [0.5, 0.6) is 5.75 Å². The number of rotatable bonds is 8. The van der Waals surface area contributed by atoms with Gasteiger partial charge in [0.1, 0.15) is 11.5 Å². The zero-order chi connectivity index (χ0) is 18.9. The highest BCUT2D eigenvalue weighted by Gasteiger charge is 2.25. The largest absolute Gasteiger partial charge is 0.494 e. The summed E-state index contributed by atoms with van der Waals surface area (Å²) in [6.07, 6.45) is 4.25. The molecule has 0 radical (unpaired) electrons. The Bertz CT molecular complexity index is 709. The maximum atomic E-state index is 5.68. The number of hydrogen-bond donors (Lipinski definition) is 2. The SMILES string of the molecule is CCOc1cccc(CNC(=NC)NCC(c2ccco2)N2CCCC2)c1. The maximum absolute atomic E-state index is 5.68. The van der Waals surface area contributed by atoms with Crippen molar-refractivity contribution in [3.8, 4) is 5.75 Å². The quantitative estimate of drug-likeness (QED) is 0.552. The molecule has 3 rings (SSSR count). The third-order valence-electron chi connectivity index (χ3n) is 4.81. The van der Waals surface area contributed by atoms with Gasteiger partial charge in [-0.05, 0) is 62.7 Å². The van der Waals surface area contributed by atoms with Gasteiger partial charge in [-0.2, -0.15) is 0 Å². The number of nitrogens with one attached hydrogen (secondary N) is 2. The van der Waals surface area contributed by atoms with Gasteiger partial charge in [0, 0.05) is 20.1 Å². The smallest absolute Gasteiger partial charge is 0.191 e. The number of ether oxygens (including phenoxy) is 1. The molecule has 6 heteroatoms. The van der Waals surface area contributed by atoms with Crippen LogP contribution >= 0.6 is 0 Å². The molecule has 0 spiro atoms. The van der Waals surface area contributed by atoms with E-state index in [-0.39, 0.29) is 6.04 Å². The fourth-order valence-electron chi connectivity index (χ4n) is 3.46. The van der Waals surface area contributed by atoms with Gasteiger partial charge in [0.25, 0.3) is 0 Å². The monoisotopic (exact) mass is 370 g/mol. The lowest BCUT2D eigenvalue weighted by Crippen LogP contribution is -2.42. The average Bonchev–Trinajstić information content (AvgIpc) is 3.40. The Morgan fingerprint density at radius 3 is 2.78 bits per heavy atom. The molecule has 0 saturated carbocycles. The molecule has 0 amide bonds. The zero-order valence-electron chi connectivity index (χ0n) is 16.3. The van der Waals surface area contributed by atoms with Crippen molar-refractivity contribution in [2.75, 3.05) is 33.3 Å². The molecule has 2 aromatic rings. The van der Waals surface area contributed by atoms with E-state index < -0.39 is 0 Å². The molecule has 0 aliphatic carbocycles. The van der Waals surface area contributed by atoms with Crippen molar-refractivity contribution in [1.29, 1.82) is 0 Å². The van der Waals surface area contributed by atoms with Crippen molar-refractivity contribution < 1.29 is 9.15 Å². The normalized spacial score (nSPS) is 16.3. The van der Waals surface area contributed by atoms with Crippen molar-refractivity contribution in [2.45, 2.75) is 32.4 Å². The average molecular weight is 370 g/mol. The summed E-state index contributed by atoms with van der Waals surface area (Å²) >= 11 is 0. The number of aliphatic imine (C=N–C) groups is 1. The molecule has 0 bridgehead atoms. The summed E-state index contributed by atoms with van der Waals surface area (Å²) in [5, 5.41) is 6.83. The van der Waals surface area contributed by atoms with Crippen LogP contribution in [0.4, 0.5) is 0 Å². The van der Waals surface area contributed by atoms with Crippen LogP contribution in [0, 0.1) is 0 Å². The van der Waals surface area contributed by atoms with Crippen LogP contribution in [0.15, 0.2) is 52.1 Å². The van der Waals surface area contributed by atoms with Gasteiger partial charge in [0.15, 0.2) is 5.96 Å². The number of furan rings is 1. The molecule has 1 atom stereocenters. The molecule has 1 fully saturated rings. The van der Waals surface area contributed by atoms with Crippen LogP contribution in [0.2, 0.25) is 0 Å². The molecule has 1 aromatic carbocycles. The second-order valence-electron chi connectivity index (χ2n) is 6.66. The molecule has 1 saturated heterocycles. The highest BCUT2D eigenvalue weighted by Crippen LogP contribution is 2.24. The third-order valence-corrected chi connectivity index (χ3v) is 4.81. The van der Waals surface area contributed by atoms with Gasteiger partial charge in [-0.3, -0.25) is 9.89 Å². The molecule has 2 heterocycles. The highest BCUT2D eigenvalue weighted by atomic mass is 16.5. The van der Waals surface area contributed by atoms with E-state index in [9.17, 15) is 0 Å². The van der Waals surface area contributed by atoms with E-state index in [1.807, 2.05) is 25.1 Å². The molecule has 6 nitrogen and oxygen atoms in total. The number of hydrogen-bond acceptors (Lipinski definition) is 4. The van der Waals surface area contributed by atoms with Crippen molar-refractivity contribution in [3.63, 3.8) is 0 Å². The van der Waals surface area contributed by atoms with Crippen LogP contribution in [0.25, 0.3) is 0 Å². The second-order valence-corrected chi connectivity index (χ2v) is 6.66. The summed E-state index contributed by atoms with van der Waals surface area (Å²) in [5.74, 6) is 2.68. The molecular formula is C21H30N4O2. The minimum Gasteiger partial charge on any atom is -0.494 e. The molecule has 2 N–H and O–H groups in total. The lowest BCUT2D eigenvalue weighted by Gasteiger charge is -2.26. The van der Waals surface area contributed by atoms with Crippen molar-refractivity contribution in [3.05, 3.63) is 54.0 Å². The summed E-state index contributed by atoms with van der Waals surface area (Å²) in [7, 11) is 1.80. The predicted octanol–water partition coefficient (Wildman–Crippen LogP) is 3.18. The van der Waals surface area contributed by atoms with Crippen molar-refractivity contribution in [2.24, 2.45) is 4.99 Å². The third kappa shape index (κ3) is 5.50. The van der Waals surface area contributed by atoms with Crippen LogP contribution in [0.3, 0.4) is 0 Å². The Kier molecular flexibility index (Phi) is 7.16. The van der Waals surface area contributed by atoms with E-state index in [2.05, 4.69) is 38.7 Å². The van der Waals surface area contributed by atoms with E-state index in [0.717, 1.165) is 42.7 Å². The van der Waals surface area contributed by atoms with E-state index in [1.165, 1.54) is 12.8 Å². The Balaban J connectivity index is 1.55. The first-order valence-electron chi connectivity index (χ1n) is 9.74. The Labute approximate surface area is 161 Å².